The van der Waals surface area contributed by atoms with E-state index in [1.165, 1.54) is 6.07 Å². The maximum Gasteiger partial charge on any atom is 0.224 e. The Bertz CT molecular complexity index is 428. The standard InChI is InChI=1S/C14H19FN2O.ClH/c15-12-6-2-1-4-10(12)8-14(18)17-13-7-3-5-11(13)9-16;/h1-2,4,6,11,13H,3,5,7-9,16H2,(H,17,18);1H. The first-order valence-corrected chi connectivity index (χ1v) is 6.43. The molecule has 3 nitrogen and oxygen atoms in total. The molecule has 0 spiro atoms. The number of nitrogens with two attached hydrogens (primary N) is 1. The van der Waals surface area contributed by atoms with Gasteiger partial charge in [0, 0.05) is 6.04 Å². The third-order valence-corrected chi connectivity index (χ3v) is 3.62. The molecule has 5 heteroatoms. The lowest BCUT2D eigenvalue weighted by molar-refractivity contribution is -0.121. The summed E-state index contributed by atoms with van der Waals surface area (Å²) >= 11 is 0. The van der Waals surface area contributed by atoms with Gasteiger partial charge in [-0.05, 0) is 36.9 Å². The molecule has 0 heterocycles. The van der Waals surface area contributed by atoms with E-state index < -0.39 is 0 Å². The van der Waals surface area contributed by atoms with Gasteiger partial charge in [-0.1, -0.05) is 24.6 Å². The Morgan fingerprint density at radius 1 is 1.37 bits per heavy atom. The fourth-order valence-electron chi connectivity index (χ4n) is 2.58. The van der Waals surface area contributed by atoms with Gasteiger partial charge in [0.05, 0.1) is 6.42 Å². The predicted octanol–water partition coefficient (Wildman–Crippen LogP) is 2.03. The first-order valence-electron chi connectivity index (χ1n) is 6.43. The van der Waals surface area contributed by atoms with E-state index >= 15 is 0 Å². The largest absolute Gasteiger partial charge is 0.353 e. The topological polar surface area (TPSA) is 55.1 Å². The first-order chi connectivity index (χ1) is 8.70. The lowest BCUT2D eigenvalue weighted by Gasteiger charge is -2.19. The lowest BCUT2D eigenvalue weighted by Crippen LogP contribution is -2.40. The van der Waals surface area contributed by atoms with Crippen LogP contribution in [0.2, 0.25) is 0 Å². The Balaban J connectivity index is 0.00000180. The molecule has 1 saturated carbocycles. The Hall–Kier alpha value is -1.13. The van der Waals surface area contributed by atoms with Crippen LogP contribution in [0, 0.1) is 11.7 Å². The summed E-state index contributed by atoms with van der Waals surface area (Å²) in [6.07, 6.45) is 3.25. The number of hydrogen-bond donors (Lipinski definition) is 2. The Labute approximate surface area is 119 Å². The summed E-state index contributed by atoms with van der Waals surface area (Å²) in [4.78, 5) is 11.9. The SMILES string of the molecule is Cl.NCC1CCCC1NC(=O)Cc1ccccc1F. The van der Waals surface area contributed by atoms with Crippen molar-refractivity contribution in [2.75, 3.05) is 6.54 Å². The van der Waals surface area contributed by atoms with Gasteiger partial charge in [-0.15, -0.1) is 12.4 Å². The molecule has 1 aromatic rings. The maximum absolute atomic E-state index is 13.4. The average Bonchev–Trinajstić information content (AvgIpc) is 2.79. The number of benzene rings is 1. The smallest absolute Gasteiger partial charge is 0.224 e. The molecule has 0 aliphatic heterocycles. The summed E-state index contributed by atoms with van der Waals surface area (Å²) in [6.45, 7) is 0.602. The van der Waals surface area contributed by atoms with E-state index in [0.717, 1.165) is 19.3 Å². The van der Waals surface area contributed by atoms with E-state index in [0.29, 0.717) is 18.0 Å². The van der Waals surface area contributed by atoms with Gasteiger partial charge in [-0.2, -0.15) is 0 Å². The summed E-state index contributed by atoms with van der Waals surface area (Å²) in [5.41, 5.74) is 6.11. The summed E-state index contributed by atoms with van der Waals surface area (Å²) in [6, 6.07) is 6.54. The van der Waals surface area contributed by atoms with Crippen LogP contribution in [0.4, 0.5) is 4.39 Å². The Morgan fingerprint density at radius 3 is 2.79 bits per heavy atom. The molecule has 0 bridgehead atoms. The van der Waals surface area contributed by atoms with Crippen molar-refractivity contribution in [3.63, 3.8) is 0 Å². The van der Waals surface area contributed by atoms with E-state index in [1.54, 1.807) is 18.2 Å². The second-order valence-electron chi connectivity index (χ2n) is 4.87. The minimum absolute atomic E-state index is 0. The van der Waals surface area contributed by atoms with Crippen molar-refractivity contribution in [2.45, 2.75) is 31.7 Å². The quantitative estimate of drug-likeness (QED) is 0.890. The van der Waals surface area contributed by atoms with Crippen molar-refractivity contribution in [3.05, 3.63) is 35.6 Å². The molecule has 1 aromatic carbocycles. The van der Waals surface area contributed by atoms with Crippen LogP contribution in [0.1, 0.15) is 24.8 Å². The third-order valence-electron chi connectivity index (χ3n) is 3.62. The van der Waals surface area contributed by atoms with Gasteiger partial charge in [-0.25, -0.2) is 4.39 Å². The molecule has 1 fully saturated rings. The second-order valence-corrected chi connectivity index (χ2v) is 4.87. The molecular formula is C14H20ClFN2O. The molecule has 2 atom stereocenters. The van der Waals surface area contributed by atoms with E-state index in [-0.39, 0.29) is 36.6 Å². The van der Waals surface area contributed by atoms with E-state index in [1.807, 2.05) is 0 Å². The minimum Gasteiger partial charge on any atom is -0.353 e. The summed E-state index contributed by atoms with van der Waals surface area (Å²) < 4.78 is 13.4. The molecule has 1 amide bonds. The van der Waals surface area contributed by atoms with Crippen LogP contribution in [0.3, 0.4) is 0 Å². The van der Waals surface area contributed by atoms with Crippen molar-refractivity contribution in [1.29, 1.82) is 0 Å². The number of halogens is 2. The molecular weight excluding hydrogens is 267 g/mol. The van der Waals surface area contributed by atoms with E-state index in [4.69, 9.17) is 5.73 Å². The highest BCUT2D eigenvalue weighted by Crippen LogP contribution is 2.24. The highest BCUT2D eigenvalue weighted by atomic mass is 35.5. The number of amides is 1. The van der Waals surface area contributed by atoms with Crippen LogP contribution in [0.5, 0.6) is 0 Å². The van der Waals surface area contributed by atoms with Gasteiger partial charge in [0.25, 0.3) is 0 Å². The Morgan fingerprint density at radius 2 is 2.11 bits per heavy atom. The minimum atomic E-state index is -0.325. The van der Waals surface area contributed by atoms with Crippen molar-refractivity contribution < 1.29 is 9.18 Å². The maximum atomic E-state index is 13.4. The molecule has 0 radical (unpaired) electrons. The van der Waals surface area contributed by atoms with E-state index in [9.17, 15) is 9.18 Å². The molecule has 1 aliphatic rings. The van der Waals surface area contributed by atoms with Crippen LogP contribution >= 0.6 is 12.4 Å². The normalized spacial score (nSPS) is 21.8. The molecule has 1 aliphatic carbocycles. The molecule has 0 aromatic heterocycles. The van der Waals surface area contributed by atoms with Gasteiger partial charge in [0.2, 0.25) is 5.91 Å². The van der Waals surface area contributed by atoms with Crippen LogP contribution in [0.15, 0.2) is 24.3 Å². The van der Waals surface area contributed by atoms with Crippen LogP contribution < -0.4 is 11.1 Å². The number of carbonyl (C=O) groups excluding carboxylic acids is 1. The highest BCUT2D eigenvalue weighted by Gasteiger charge is 2.27. The lowest BCUT2D eigenvalue weighted by atomic mass is 10.0. The van der Waals surface area contributed by atoms with Crippen LogP contribution in [-0.4, -0.2) is 18.5 Å². The highest BCUT2D eigenvalue weighted by molar-refractivity contribution is 5.85. The third kappa shape index (κ3) is 4.18. The van der Waals surface area contributed by atoms with Gasteiger partial charge in [-0.3, -0.25) is 4.79 Å². The number of carbonyl (C=O) groups is 1. The average molecular weight is 287 g/mol. The summed E-state index contributed by atoms with van der Waals surface area (Å²) in [5, 5.41) is 2.97. The van der Waals surface area contributed by atoms with Crippen molar-refractivity contribution in [2.24, 2.45) is 11.7 Å². The number of nitrogens with one attached hydrogen (secondary N) is 1. The molecule has 2 rings (SSSR count). The van der Waals surface area contributed by atoms with Crippen LogP contribution in [0.25, 0.3) is 0 Å². The van der Waals surface area contributed by atoms with Gasteiger partial charge in [0.1, 0.15) is 5.82 Å². The van der Waals surface area contributed by atoms with Gasteiger partial charge < -0.3 is 11.1 Å². The fourth-order valence-corrected chi connectivity index (χ4v) is 2.58. The molecule has 0 saturated heterocycles. The van der Waals surface area contributed by atoms with Crippen molar-refractivity contribution in [1.82, 2.24) is 5.32 Å². The molecule has 106 valence electrons. The molecule has 19 heavy (non-hydrogen) atoms. The molecule has 3 N–H and O–H groups in total. The van der Waals surface area contributed by atoms with E-state index in [2.05, 4.69) is 5.32 Å². The van der Waals surface area contributed by atoms with Crippen molar-refractivity contribution in [3.8, 4) is 0 Å². The zero-order valence-corrected chi connectivity index (χ0v) is 11.6. The van der Waals surface area contributed by atoms with Crippen molar-refractivity contribution >= 4 is 18.3 Å². The zero-order chi connectivity index (χ0) is 13.0. The van der Waals surface area contributed by atoms with Gasteiger partial charge in [0.15, 0.2) is 0 Å². The molecule has 2 unspecified atom stereocenters. The second kappa shape index (κ2) is 7.46. The Kier molecular flexibility index (Phi) is 6.25. The first kappa shape index (κ1) is 15.9. The zero-order valence-electron chi connectivity index (χ0n) is 10.8. The fraction of sp³-hybridized carbons (Fsp3) is 0.500. The van der Waals surface area contributed by atoms with Gasteiger partial charge >= 0.3 is 0 Å². The summed E-state index contributed by atoms with van der Waals surface area (Å²) in [5.74, 6) is -0.0746. The predicted molar refractivity (Wildman–Crippen MR) is 75.7 cm³/mol. The number of hydrogen-bond acceptors (Lipinski definition) is 2. The van der Waals surface area contributed by atoms with Crippen LogP contribution in [-0.2, 0) is 11.2 Å². The summed E-state index contributed by atoms with van der Waals surface area (Å²) in [7, 11) is 0. The monoisotopic (exact) mass is 286 g/mol. The number of rotatable bonds is 4.